The number of anilines is 1. The van der Waals surface area contributed by atoms with Crippen molar-refractivity contribution in [2.24, 2.45) is 0 Å². The first kappa shape index (κ1) is 8.54. The molecule has 0 radical (unpaired) electrons. The second-order valence-corrected chi connectivity index (χ2v) is 3.06. The van der Waals surface area contributed by atoms with Crippen molar-refractivity contribution in [3.05, 3.63) is 16.7 Å². The third kappa shape index (κ3) is 1.10. The third-order valence-corrected chi connectivity index (χ3v) is 1.84. The van der Waals surface area contributed by atoms with Gasteiger partial charge in [-0.1, -0.05) is 0 Å². The number of rotatable bonds is 1. The number of H-pyrrole nitrogens is 1. The fourth-order valence-electron chi connectivity index (χ4n) is 1.21. The Bertz CT molecular complexity index is 524. The van der Waals surface area contributed by atoms with E-state index < -0.39 is 0 Å². The molecule has 0 aliphatic carbocycles. The van der Waals surface area contributed by atoms with Gasteiger partial charge in [-0.15, -0.1) is 0 Å². The van der Waals surface area contributed by atoms with Crippen molar-refractivity contribution in [2.75, 3.05) is 24.8 Å². The normalized spacial score (nSPS) is 10.7. The molecule has 0 bridgehead atoms. The summed E-state index contributed by atoms with van der Waals surface area (Å²) in [4.78, 5) is 21.7. The van der Waals surface area contributed by atoms with Gasteiger partial charge in [0.2, 0.25) is 5.95 Å². The summed E-state index contributed by atoms with van der Waals surface area (Å²) in [5.41, 5.74) is 5.84. The lowest BCUT2D eigenvalue weighted by Crippen LogP contribution is -2.24. The topological polar surface area (TPSA) is 92.8 Å². The van der Waals surface area contributed by atoms with Crippen LogP contribution in [0.25, 0.3) is 11.2 Å². The zero-order valence-corrected chi connectivity index (χ0v) is 7.85. The van der Waals surface area contributed by atoms with E-state index in [9.17, 15) is 4.79 Å². The van der Waals surface area contributed by atoms with Crippen LogP contribution in [0.5, 0.6) is 0 Å². The summed E-state index contributed by atoms with van der Waals surface area (Å²) in [5.74, 6) is 0.0890. The van der Waals surface area contributed by atoms with Gasteiger partial charge in [0, 0.05) is 14.1 Å². The van der Waals surface area contributed by atoms with Crippen molar-refractivity contribution in [1.82, 2.24) is 19.6 Å². The van der Waals surface area contributed by atoms with Gasteiger partial charge in [-0.3, -0.25) is 9.78 Å². The fraction of sp³-hybridized carbons (Fsp3) is 0.286. The van der Waals surface area contributed by atoms with Crippen LogP contribution >= 0.6 is 0 Å². The Morgan fingerprint density at radius 2 is 2.29 bits per heavy atom. The van der Waals surface area contributed by atoms with Crippen molar-refractivity contribution in [1.29, 1.82) is 0 Å². The molecule has 0 aliphatic heterocycles. The summed E-state index contributed by atoms with van der Waals surface area (Å²) in [7, 11) is 3.64. The first-order valence-electron chi connectivity index (χ1n) is 4.00. The van der Waals surface area contributed by atoms with Crippen molar-refractivity contribution < 1.29 is 0 Å². The van der Waals surface area contributed by atoms with Crippen LogP contribution in [0.3, 0.4) is 0 Å². The maximum Gasteiger partial charge on any atom is 0.280 e. The lowest BCUT2D eigenvalue weighted by atomic mass is 10.5. The minimum atomic E-state index is -0.326. The molecule has 0 spiro atoms. The lowest BCUT2D eigenvalue weighted by molar-refractivity contribution is 0.745. The molecule has 0 unspecified atom stereocenters. The number of hydrogen-bond acceptors (Lipinski definition) is 5. The predicted octanol–water partition coefficient (Wildman–Crippen LogP) is -1.10. The number of nitrogens with zero attached hydrogens (tertiary/aromatic N) is 4. The van der Waals surface area contributed by atoms with Gasteiger partial charge in [-0.05, 0) is 0 Å². The standard InChI is InChI=1S/C7H10N6O/c1-12(2)13-3-9-4-5(13)10-7(8)11-6(4)14/h3H,1-2H3,(H3,8,10,11,14). The van der Waals surface area contributed by atoms with Gasteiger partial charge in [0.15, 0.2) is 11.2 Å². The largest absolute Gasteiger partial charge is 0.369 e. The number of nitrogen functional groups attached to an aromatic ring is 1. The van der Waals surface area contributed by atoms with E-state index in [-0.39, 0.29) is 17.0 Å². The van der Waals surface area contributed by atoms with E-state index in [0.717, 1.165) is 0 Å². The van der Waals surface area contributed by atoms with Crippen LogP contribution in [0.2, 0.25) is 0 Å². The molecule has 2 aromatic rings. The van der Waals surface area contributed by atoms with Crippen LogP contribution in [0.1, 0.15) is 0 Å². The van der Waals surface area contributed by atoms with Gasteiger partial charge in [-0.2, -0.15) is 4.98 Å². The number of fused-ring (bicyclic) bond motifs is 1. The average molecular weight is 194 g/mol. The Balaban J connectivity index is 2.85. The number of aromatic amines is 1. The highest BCUT2D eigenvalue weighted by molar-refractivity contribution is 5.70. The molecule has 7 nitrogen and oxygen atoms in total. The monoisotopic (exact) mass is 194 g/mol. The Morgan fingerprint density at radius 1 is 1.57 bits per heavy atom. The molecular formula is C7H10N6O. The number of hydrogen-bond donors (Lipinski definition) is 2. The zero-order valence-electron chi connectivity index (χ0n) is 7.85. The van der Waals surface area contributed by atoms with Crippen molar-refractivity contribution in [3.63, 3.8) is 0 Å². The Labute approximate surface area is 79.2 Å². The number of nitrogens with one attached hydrogen (secondary N) is 1. The molecule has 0 amide bonds. The van der Waals surface area contributed by atoms with E-state index in [4.69, 9.17) is 5.73 Å². The lowest BCUT2D eigenvalue weighted by Gasteiger charge is -2.13. The molecule has 0 saturated heterocycles. The quantitative estimate of drug-likeness (QED) is 0.601. The van der Waals surface area contributed by atoms with E-state index in [1.807, 2.05) is 14.1 Å². The van der Waals surface area contributed by atoms with Crippen LogP contribution in [0, 0.1) is 0 Å². The molecule has 2 heterocycles. The summed E-state index contributed by atoms with van der Waals surface area (Å²) in [5, 5.41) is 1.75. The number of nitrogens with two attached hydrogens (primary N) is 1. The molecule has 0 saturated carbocycles. The molecule has 14 heavy (non-hydrogen) atoms. The second-order valence-electron chi connectivity index (χ2n) is 3.06. The van der Waals surface area contributed by atoms with Crippen LogP contribution in [-0.2, 0) is 0 Å². The van der Waals surface area contributed by atoms with Gasteiger partial charge >= 0.3 is 0 Å². The SMILES string of the molecule is CN(C)n1cnc2c(=O)[nH]c(N)nc21. The highest BCUT2D eigenvalue weighted by atomic mass is 16.1. The Kier molecular flexibility index (Phi) is 1.66. The molecule has 2 rings (SSSR count). The molecule has 0 atom stereocenters. The van der Waals surface area contributed by atoms with Crippen LogP contribution in [-0.4, -0.2) is 33.7 Å². The molecule has 2 aromatic heterocycles. The number of imidazole rings is 1. The summed E-state index contributed by atoms with van der Waals surface area (Å²) >= 11 is 0. The second kappa shape index (κ2) is 2.72. The minimum absolute atomic E-state index is 0.0890. The molecule has 0 aliphatic rings. The van der Waals surface area contributed by atoms with Crippen LogP contribution < -0.4 is 16.3 Å². The van der Waals surface area contributed by atoms with Crippen molar-refractivity contribution >= 4 is 17.1 Å². The maximum atomic E-state index is 11.4. The summed E-state index contributed by atoms with van der Waals surface area (Å²) in [6, 6.07) is 0. The third-order valence-electron chi connectivity index (χ3n) is 1.84. The van der Waals surface area contributed by atoms with Crippen molar-refractivity contribution in [3.8, 4) is 0 Å². The predicted molar refractivity (Wildman–Crippen MR) is 52.6 cm³/mol. The van der Waals surface area contributed by atoms with Crippen LogP contribution in [0.4, 0.5) is 5.95 Å². The Hall–Kier alpha value is -2.05. The first-order chi connectivity index (χ1) is 6.59. The van der Waals surface area contributed by atoms with Gasteiger partial charge in [0.05, 0.1) is 0 Å². The highest BCUT2D eigenvalue weighted by Gasteiger charge is 2.09. The van der Waals surface area contributed by atoms with Gasteiger partial charge in [0.25, 0.3) is 5.56 Å². The van der Waals surface area contributed by atoms with E-state index in [1.165, 1.54) is 6.33 Å². The molecule has 0 aromatic carbocycles. The summed E-state index contributed by atoms with van der Waals surface area (Å²) in [6.45, 7) is 0. The van der Waals surface area contributed by atoms with E-state index in [1.54, 1.807) is 9.69 Å². The minimum Gasteiger partial charge on any atom is -0.369 e. The first-order valence-corrected chi connectivity index (χ1v) is 4.00. The Morgan fingerprint density at radius 3 is 2.93 bits per heavy atom. The molecule has 74 valence electrons. The van der Waals surface area contributed by atoms with Gasteiger partial charge in [0.1, 0.15) is 6.33 Å². The van der Waals surface area contributed by atoms with Crippen LogP contribution in [0.15, 0.2) is 11.1 Å². The highest BCUT2D eigenvalue weighted by Crippen LogP contribution is 2.04. The zero-order chi connectivity index (χ0) is 10.3. The van der Waals surface area contributed by atoms with E-state index in [0.29, 0.717) is 5.65 Å². The summed E-state index contributed by atoms with van der Waals surface area (Å²) in [6.07, 6.45) is 1.52. The number of aromatic nitrogens is 4. The van der Waals surface area contributed by atoms with E-state index in [2.05, 4.69) is 15.0 Å². The molecular weight excluding hydrogens is 184 g/mol. The molecule has 3 N–H and O–H groups in total. The van der Waals surface area contributed by atoms with E-state index >= 15 is 0 Å². The fourth-order valence-corrected chi connectivity index (χ4v) is 1.21. The van der Waals surface area contributed by atoms with Gasteiger partial charge < -0.3 is 10.7 Å². The molecule has 7 heteroatoms. The molecule has 0 fully saturated rings. The summed E-state index contributed by atoms with van der Waals surface area (Å²) < 4.78 is 1.64. The van der Waals surface area contributed by atoms with Gasteiger partial charge in [-0.25, -0.2) is 9.66 Å². The smallest absolute Gasteiger partial charge is 0.280 e. The van der Waals surface area contributed by atoms with Crippen molar-refractivity contribution in [2.45, 2.75) is 0 Å². The average Bonchev–Trinajstić information content (AvgIpc) is 2.47. The maximum absolute atomic E-state index is 11.4.